The molecule has 0 spiro atoms. The van der Waals surface area contributed by atoms with E-state index in [-0.39, 0.29) is 17.7 Å². The minimum Gasteiger partial charge on any atom is -0.479 e. The highest BCUT2D eigenvalue weighted by Crippen LogP contribution is 2.33. The normalized spacial score (nSPS) is 29.4. The predicted octanol–water partition coefficient (Wildman–Crippen LogP) is 0.460. The van der Waals surface area contributed by atoms with Crippen LogP contribution in [-0.4, -0.2) is 52.6 Å². The monoisotopic (exact) mass is 247 g/mol. The Morgan fingerprint density at radius 1 is 1.50 bits per heavy atom. The van der Waals surface area contributed by atoms with Gasteiger partial charge < -0.3 is 14.7 Å². The minimum atomic E-state index is -1.10. The predicted molar refractivity (Wildman–Crippen MR) is 56.4 cm³/mol. The number of alkyl halides is 1. The Bertz CT molecular complexity index is 312. The number of amides is 1. The molecule has 0 aromatic heterocycles. The molecule has 2 rings (SSSR count). The van der Waals surface area contributed by atoms with Crippen molar-refractivity contribution in [3.05, 3.63) is 0 Å². The van der Waals surface area contributed by atoms with Gasteiger partial charge in [-0.15, -0.1) is 11.6 Å². The molecule has 0 radical (unpaired) electrons. The van der Waals surface area contributed by atoms with Gasteiger partial charge in [0.15, 0.2) is 0 Å². The molecular weight excluding hydrogens is 234 g/mol. The molecule has 16 heavy (non-hydrogen) atoms. The van der Waals surface area contributed by atoms with Gasteiger partial charge in [0.25, 0.3) is 0 Å². The number of rotatable bonds is 2. The van der Waals surface area contributed by atoms with Crippen molar-refractivity contribution in [2.45, 2.75) is 30.2 Å². The summed E-state index contributed by atoms with van der Waals surface area (Å²) in [4.78, 5) is 24.6. The van der Waals surface area contributed by atoms with E-state index in [0.29, 0.717) is 32.6 Å². The Labute approximate surface area is 98.3 Å². The third-order valence-electron chi connectivity index (χ3n) is 3.31. The second-order valence-corrected chi connectivity index (χ2v) is 4.87. The van der Waals surface area contributed by atoms with Gasteiger partial charge in [0, 0.05) is 39.0 Å². The highest BCUT2D eigenvalue weighted by molar-refractivity contribution is 6.22. The van der Waals surface area contributed by atoms with Crippen LogP contribution in [0.15, 0.2) is 0 Å². The third-order valence-corrected chi connectivity index (χ3v) is 3.60. The van der Waals surface area contributed by atoms with Gasteiger partial charge in [0.2, 0.25) is 5.91 Å². The average Bonchev–Trinajstić information content (AvgIpc) is 2.59. The van der Waals surface area contributed by atoms with E-state index in [1.165, 1.54) is 4.90 Å². The molecule has 2 aliphatic heterocycles. The third kappa shape index (κ3) is 1.78. The molecular formula is C10H14ClNO4. The number of carboxylic acid groups (broad SMARTS) is 1. The van der Waals surface area contributed by atoms with Crippen molar-refractivity contribution in [2.75, 3.05) is 19.8 Å². The molecule has 2 heterocycles. The molecule has 0 aromatic carbocycles. The van der Waals surface area contributed by atoms with E-state index in [9.17, 15) is 14.7 Å². The number of hydrogen-bond donors (Lipinski definition) is 1. The molecule has 2 aliphatic rings. The molecule has 0 saturated carbocycles. The molecule has 90 valence electrons. The first-order valence-electron chi connectivity index (χ1n) is 5.32. The topological polar surface area (TPSA) is 66.8 Å². The molecule has 1 amide bonds. The number of likely N-dealkylation sites (tertiary alicyclic amines) is 1. The van der Waals surface area contributed by atoms with E-state index >= 15 is 0 Å². The SMILES string of the molecule is O=C1CC(Cl)CN1C1(C(=O)O)CCOCC1. The summed E-state index contributed by atoms with van der Waals surface area (Å²) in [7, 11) is 0. The van der Waals surface area contributed by atoms with Crippen LogP contribution in [0.2, 0.25) is 0 Å². The lowest BCUT2D eigenvalue weighted by Crippen LogP contribution is -2.58. The van der Waals surface area contributed by atoms with Gasteiger partial charge in [-0.1, -0.05) is 0 Å². The summed E-state index contributed by atoms with van der Waals surface area (Å²) < 4.78 is 5.16. The smallest absolute Gasteiger partial charge is 0.329 e. The zero-order valence-electron chi connectivity index (χ0n) is 8.82. The van der Waals surface area contributed by atoms with Crippen LogP contribution in [0.1, 0.15) is 19.3 Å². The van der Waals surface area contributed by atoms with E-state index in [1.54, 1.807) is 0 Å². The van der Waals surface area contributed by atoms with E-state index in [1.807, 2.05) is 0 Å². The molecule has 0 aliphatic carbocycles. The van der Waals surface area contributed by atoms with Crippen molar-refractivity contribution in [1.29, 1.82) is 0 Å². The Morgan fingerprint density at radius 3 is 2.56 bits per heavy atom. The maximum Gasteiger partial charge on any atom is 0.329 e. The van der Waals surface area contributed by atoms with Gasteiger partial charge in [-0.05, 0) is 0 Å². The zero-order valence-corrected chi connectivity index (χ0v) is 9.57. The number of carbonyl (C=O) groups excluding carboxylic acids is 1. The van der Waals surface area contributed by atoms with Crippen molar-refractivity contribution < 1.29 is 19.4 Å². The van der Waals surface area contributed by atoms with Crippen LogP contribution in [-0.2, 0) is 14.3 Å². The zero-order chi connectivity index (χ0) is 11.8. The van der Waals surface area contributed by atoms with Gasteiger partial charge in [-0.3, -0.25) is 4.79 Å². The Hall–Kier alpha value is -0.810. The molecule has 0 bridgehead atoms. The van der Waals surface area contributed by atoms with Crippen molar-refractivity contribution >= 4 is 23.5 Å². The van der Waals surface area contributed by atoms with Gasteiger partial charge in [-0.25, -0.2) is 4.79 Å². The van der Waals surface area contributed by atoms with Gasteiger partial charge in [0.05, 0.1) is 5.38 Å². The van der Waals surface area contributed by atoms with Crippen LogP contribution in [0.4, 0.5) is 0 Å². The van der Waals surface area contributed by atoms with Crippen molar-refractivity contribution in [1.82, 2.24) is 4.90 Å². The van der Waals surface area contributed by atoms with Crippen LogP contribution >= 0.6 is 11.6 Å². The van der Waals surface area contributed by atoms with Gasteiger partial charge >= 0.3 is 5.97 Å². The fourth-order valence-electron chi connectivity index (χ4n) is 2.39. The molecule has 2 saturated heterocycles. The second kappa shape index (κ2) is 4.22. The van der Waals surface area contributed by atoms with E-state index < -0.39 is 11.5 Å². The summed E-state index contributed by atoms with van der Waals surface area (Å²) in [5, 5.41) is 9.09. The largest absolute Gasteiger partial charge is 0.479 e. The van der Waals surface area contributed by atoms with Crippen LogP contribution in [0, 0.1) is 0 Å². The molecule has 1 atom stereocenters. The molecule has 1 N–H and O–H groups in total. The maximum absolute atomic E-state index is 11.7. The number of nitrogens with zero attached hydrogens (tertiary/aromatic N) is 1. The van der Waals surface area contributed by atoms with Gasteiger partial charge in [-0.2, -0.15) is 0 Å². The molecule has 0 aromatic rings. The van der Waals surface area contributed by atoms with Crippen molar-refractivity contribution in [3.8, 4) is 0 Å². The van der Waals surface area contributed by atoms with E-state index in [0.717, 1.165) is 0 Å². The summed E-state index contributed by atoms with van der Waals surface area (Å²) in [5.74, 6) is -1.11. The first-order valence-corrected chi connectivity index (χ1v) is 5.75. The van der Waals surface area contributed by atoms with Crippen LogP contribution < -0.4 is 0 Å². The maximum atomic E-state index is 11.7. The molecule has 1 unspecified atom stereocenters. The van der Waals surface area contributed by atoms with E-state index in [2.05, 4.69) is 0 Å². The number of carboxylic acids is 1. The van der Waals surface area contributed by atoms with Crippen LogP contribution in [0.5, 0.6) is 0 Å². The quantitative estimate of drug-likeness (QED) is 0.720. The summed E-state index contributed by atoms with van der Waals surface area (Å²) in [6.07, 6.45) is 0.923. The summed E-state index contributed by atoms with van der Waals surface area (Å²) in [6.45, 7) is 1.08. The highest BCUT2D eigenvalue weighted by Gasteiger charge is 2.50. The lowest BCUT2D eigenvalue weighted by atomic mass is 9.88. The highest BCUT2D eigenvalue weighted by atomic mass is 35.5. The second-order valence-electron chi connectivity index (χ2n) is 4.25. The first kappa shape index (κ1) is 11.7. The average molecular weight is 248 g/mol. The standard InChI is InChI=1S/C10H14ClNO4/c11-7-5-8(13)12(6-7)10(9(14)15)1-3-16-4-2-10/h7H,1-6H2,(H,14,15). The van der Waals surface area contributed by atoms with Crippen molar-refractivity contribution in [2.24, 2.45) is 0 Å². The Morgan fingerprint density at radius 2 is 2.12 bits per heavy atom. The number of hydrogen-bond acceptors (Lipinski definition) is 3. The number of ether oxygens (including phenoxy) is 1. The van der Waals surface area contributed by atoms with Crippen LogP contribution in [0.3, 0.4) is 0 Å². The van der Waals surface area contributed by atoms with E-state index in [4.69, 9.17) is 16.3 Å². The van der Waals surface area contributed by atoms with Crippen LogP contribution in [0.25, 0.3) is 0 Å². The Kier molecular flexibility index (Phi) is 3.08. The number of carbonyl (C=O) groups is 2. The minimum absolute atomic E-state index is 0.163. The molecule has 6 heteroatoms. The lowest BCUT2D eigenvalue weighted by molar-refractivity contribution is -0.163. The summed E-state index contributed by atoms with van der Waals surface area (Å²) in [5.41, 5.74) is -1.10. The lowest BCUT2D eigenvalue weighted by Gasteiger charge is -2.40. The summed E-state index contributed by atoms with van der Waals surface area (Å²) >= 11 is 5.90. The first-order chi connectivity index (χ1) is 7.56. The van der Waals surface area contributed by atoms with Crippen molar-refractivity contribution in [3.63, 3.8) is 0 Å². The number of halogens is 1. The number of aliphatic carboxylic acids is 1. The Balaban J connectivity index is 2.25. The molecule has 5 nitrogen and oxygen atoms in total. The fourth-order valence-corrected chi connectivity index (χ4v) is 2.66. The van der Waals surface area contributed by atoms with Gasteiger partial charge in [0.1, 0.15) is 5.54 Å². The molecule has 2 fully saturated rings. The summed E-state index contributed by atoms with van der Waals surface area (Å²) in [6, 6.07) is 0. The fraction of sp³-hybridized carbons (Fsp3) is 0.800.